The molecule has 2 N–H and O–H groups in total. The molecule has 3 rings (SSSR count). The van der Waals surface area contributed by atoms with Crippen LogP contribution in [0.4, 0.5) is 0 Å². The second kappa shape index (κ2) is 4.49. The third-order valence-corrected chi connectivity index (χ3v) is 4.37. The van der Waals surface area contributed by atoms with Crippen molar-refractivity contribution in [3.8, 4) is 11.3 Å². The van der Waals surface area contributed by atoms with Gasteiger partial charge in [0.05, 0.1) is 5.69 Å². The number of hydrogen-bond donors (Lipinski definition) is 1. The monoisotopic (exact) mass is 255 g/mol. The first-order valence-electron chi connectivity index (χ1n) is 6.97. The molecule has 1 aromatic carbocycles. The third kappa shape index (κ3) is 2.08. The van der Waals surface area contributed by atoms with Crippen molar-refractivity contribution < 1.29 is 0 Å². The predicted octanol–water partition coefficient (Wildman–Crippen LogP) is 3.00. The first-order valence-corrected chi connectivity index (χ1v) is 6.97. The van der Waals surface area contributed by atoms with Gasteiger partial charge in [-0.3, -0.25) is 0 Å². The summed E-state index contributed by atoms with van der Waals surface area (Å²) in [6, 6.07) is 7.12. The van der Waals surface area contributed by atoms with Crippen LogP contribution in [0.25, 0.3) is 11.3 Å². The zero-order valence-electron chi connectivity index (χ0n) is 11.9. The van der Waals surface area contributed by atoms with Crippen LogP contribution in [-0.4, -0.2) is 15.6 Å². The molecule has 0 fully saturated rings. The van der Waals surface area contributed by atoms with Gasteiger partial charge in [0, 0.05) is 30.3 Å². The lowest BCUT2D eigenvalue weighted by atomic mass is 10.0. The Balaban J connectivity index is 2.03. The van der Waals surface area contributed by atoms with Crippen molar-refractivity contribution in [2.45, 2.75) is 45.7 Å². The fourth-order valence-corrected chi connectivity index (χ4v) is 2.75. The Morgan fingerprint density at radius 3 is 2.79 bits per heavy atom. The molecule has 0 saturated carbocycles. The van der Waals surface area contributed by atoms with E-state index in [1.54, 1.807) is 0 Å². The van der Waals surface area contributed by atoms with Gasteiger partial charge in [-0.05, 0) is 44.4 Å². The molecule has 1 aliphatic rings. The largest absolute Gasteiger partial charge is 0.330 e. The van der Waals surface area contributed by atoms with Crippen molar-refractivity contribution in [3.63, 3.8) is 0 Å². The second-order valence-corrected chi connectivity index (χ2v) is 5.69. The van der Waals surface area contributed by atoms with Crippen molar-refractivity contribution in [2.75, 3.05) is 0 Å². The van der Waals surface area contributed by atoms with Gasteiger partial charge in [-0.2, -0.15) is 0 Å². The summed E-state index contributed by atoms with van der Waals surface area (Å²) in [5.74, 6) is 1.17. The highest BCUT2D eigenvalue weighted by Crippen LogP contribution is 2.28. The molecule has 19 heavy (non-hydrogen) atoms. The van der Waals surface area contributed by atoms with E-state index in [2.05, 4.69) is 49.7 Å². The number of rotatable bonds is 1. The van der Waals surface area contributed by atoms with E-state index in [4.69, 9.17) is 10.7 Å². The van der Waals surface area contributed by atoms with Crippen LogP contribution in [-0.2, 0) is 6.42 Å². The normalized spacial score (nSPS) is 22.3. The van der Waals surface area contributed by atoms with Crippen LogP contribution >= 0.6 is 0 Å². The Hall–Kier alpha value is -1.61. The number of aromatic nitrogens is 2. The number of benzene rings is 1. The summed E-state index contributed by atoms with van der Waals surface area (Å²) in [4.78, 5) is 4.78. The lowest BCUT2D eigenvalue weighted by molar-refractivity contribution is 0.368. The van der Waals surface area contributed by atoms with E-state index in [-0.39, 0.29) is 6.04 Å². The quantitative estimate of drug-likeness (QED) is 0.851. The SMILES string of the molecule is Cc1ccc(-c2cn3c(n2)CCC(N)C3C)cc1C. The highest BCUT2D eigenvalue weighted by atomic mass is 15.1. The first-order chi connectivity index (χ1) is 9.06. The molecule has 2 atom stereocenters. The highest BCUT2D eigenvalue weighted by Gasteiger charge is 2.24. The number of imidazole rings is 1. The fourth-order valence-electron chi connectivity index (χ4n) is 2.75. The molecule has 0 radical (unpaired) electrons. The van der Waals surface area contributed by atoms with E-state index >= 15 is 0 Å². The molecule has 0 bridgehead atoms. The third-order valence-electron chi connectivity index (χ3n) is 4.37. The molecule has 0 spiro atoms. The zero-order chi connectivity index (χ0) is 13.6. The molecule has 0 aliphatic carbocycles. The standard InChI is InChI=1S/C16H21N3/c1-10-4-5-13(8-11(10)2)15-9-19-12(3)14(17)6-7-16(19)18-15/h4-5,8-9,12,14H,6-7,17H2,1-3H3. The second-order valence-electron chi connectivity index (χ2n) is 5.69. The van der Waals surface area contributed by atoms with Crippen molar-refractivity contribution in [1.82, 2.24) is 9.55 Å². The molecule has 2 heterocycles. The van der Waals surface area contributed by atoms with Crippen molar-refractivity contribution >= 4 is 0 Å². The molecule has 2 aromatic rings. The van der Waals surface area contributed by atoms with Gasteiger partial charge >= 0.3 is 0 Å². The number of fused-ring (bicyclic) bond motifs is 1. The minimum atomic E-state index is 0.245. The summed E-state index contributed by atoms with van der Waals surface area (Å²) < 4.78 is 2.25. The van der Waals surface area contributed by atoms with Gasteiger partial charge in [0.1, 0.15) is 5.82 Å². The van der Waals surface area contributed by atoms with Gasteiger partial charge in [0.25, 0.3) is 0 Å². The van der Waals surface area contributed by atoms with Crippen molar-refractivity contribution in [1.29, 1.82) is 0 Å². The van der Waals surface area contributed by atoms with Crippen molar-refractivity contribution in [3.05, 3.63) is 41.3 Å². The fraction of sp³-hybridized carbons (Fsp3) is 0.438. The van der Waals surface area contributed by atoms with Gasteiger partial charge in [-0.1, -0.05) is 12.1 Å². The van der Waals surface area contributed by atoms with Crippen LogP contribution in [0, 0.1) is 13.8 Å². The summed E-state index contributed by atoms with van der Waals surface area (Å²) in [7, 11) is 0. The number of nitrogens with zero attached hydrogens (tertiary/aromatic N) is 2. The molecule has 3 heteroatoms. The van der Waals surface area contributed by atoms with Crippen LogP contribution in [0.15, 0.2) is 24.4 Å². The summed E-state index contributed by atoms with van der Waals surface area (Å²) in [5, 5.41) is 0. The maximum Gasteiger partial charge on any atom is 0.109 e. The lowest BCUT2D eigenvalue weighted by Crippen LogP contribution is -2.35. The Morgan fingerprint density at radius 1 is 1.26 bits per heavy atom. The summed E-state index contributed by atoms with van der Waals surface area (Å²) >= 11 is 0. The first kappa shape index (κ1) is 12.4. The van der Waals surface area contributed by atoms with Crippen molar-refractivity contribution in [2.24, 2.45) is 5.73 Å². The van der Waals surface area contributed by atoms with Gasteiger partial charge in [-0.15, -0.1) is 0 Å². The molecule has 2 unspecified atom stereocenters. The van der Waals surface area contributed by atoms with E-state index < -0.39 is 0 Å². The Morgan fingerprint density at radius 2 is 2.05 bits per heavy atom. The topological polar surface area (TPSA) is 43.8 Å². The minimum absolute atomic E-state index is 0.245. The highest BCUT2D eigenvalue weighted by molar-refractivity contribution is 5.60. The van der Waals surface area contributed by atoms with E-state index in [9.17, 15) is 0 Å². The van der Waals surface area contributed by atoms with E-state index in [0.717, 1.165) is 18.5 Å². The number of nitrogens with two attached hydrogens (primary N) is 1. The summed E-state index contributed by atoms with van der Waals surface area (Å²) in [5.41, 5.74) is 11.0. The molecular weight excluding hydrogens is 234 g/mol. The van der Waals surface area contributed by atoms with Crippen LogP contribution < -0.4 is 5.73 Å². The molecule has 3 nitrogen and oxygen atoms in total. The van der Waals surface area contributed by atoms with Crippen LogP contribution in [0.2, 0.25) is 0 Å². The Kier molecular flexibility index (Phi) is 2.94. The Labute approximate surface area is 114 Å². The van der Waals surface area contributed by atoms with E-state index in [1.807, 2.05) is 0 Å². The average Bonchev–Trinajstić information content (AvgIpc) is 2.82. The predicted molar refractivity (Wildman–Crippen MR) is 78.1 cm³/mol. The lowest BCUT2D eigenvalue weighted by Gasteiger charge is -2.27. The molecule has 0 saturated heterocycles. The van der Waals surface area contributed by atoms with Gasteiger partial charge in [0.2, 0.25) is 0 Å². The van der Waals surface area contributed by atoms with Gasteiger partial charge < -0.3 is 10.3 Å². The maximum absolute atomic E-state index is 6.14. The van der Waals surface area contributed by atoms with Gasteiger partial charge in [-0.25, -0.2) is 4.98 Å². The van der Waals surface area contributed by atoms with E-state index in [0.29, 0.717) is 6.04 Å². The van der Waals surface area contributed by atoms with Crippen LogP contribution in [0.1, 0.15) is 36.3 Å². The smallest absolute Gasteiger partial charge is 0.109 e. The Bertz CT molecular complexity index is 612. The molecular formula is C16H21N3. The summed E-state index contributed by atoms with van der Waals surface area (Å²) in [6.45, 7) is 6.46. The zero-order valence-corrected chi connectivity index (χ0v) is 11.9. The molecule has 0 amide bonds. The minimum Gasteiger partial charge on any atom is -0.330 e. The van der Waals surface area contributed by atoms with Gasteiger partial charge in [0.15, 0.2) is 0 Å². The van der Waals surface area contributed by atoms with Crippen LogP contribution in [0.3, 0.4) is 0 Å². The van der Waals surface area contributed by atoms with E-state index in [1.165, 1.54) is 22.5 Å². The maximum atomic E-state index is 6.14. The molecule has 1 aromatic heterocycles. The molecule has 100 valence electrons. The number of aryl methyl sites for hydroxylation is 3. The average molecular weight is 255 g/mol. The van der Waals surface area contributed by atoms with Crippen LogP contribution in [0.5, 0.6) is 0 Å². The summed E-state index contributed by atoms with van der Waals surface area (Å²) in [6.07, 6.45) is 4.17. The number of hydrogen-bond acceptors (Lipinski definition) is 2. The molecule has 1 aliphatic heterocycles.